The van der Waals surface area contributed by atoms with E-state index in [0.717, 1.165) is 6.42 Å². The van der Waals surface area contributed by atoms with Gasteiger partial charge in [-0.05, 0) is 31.4 Å². The summed E-state index contributed by atoms with van der Waals surface area (Å²) >= 11 is 0. The molecule has 0 heterocycles. The summed E-state index contributed by atoms with van der Waals surface area (Å²) in [5.74, 6) is -0.255. The second kappa shape index (κ2) is 7.53. The van der Waals surface area contributed by atoms with E-state index in [9.17, 15) is 9.59 Å². The zero-order chi connectivity index (χ0) is 15.1. The van der Waals surface area contributed by atoms with E-state index in [4.69, 9.17) is 9.84 Å². The monoisotopic (exact) mass is 279 g/mol. The Labute approximate surface area is 118 Å². The van der Waals surface area contributed by atoms with Gasteiger partial charge >= 0.3 is 5.97 Å². The van der Waals surface area contributed by atoms with Gasteiger partial charge < -0.3 is 15.2 Å². The van der Waals surface area contributed by atoms with Crippen molar-refractivity contribution in [3.63, 3.8) is 0 Å². The van der Waals surface area contributed by atoms with Crippen LogP contribution in [0.5, 0.6) is 5.75 Å². The number of aromatic carboxylic acids is 1. The molecule has 0 saturated heterocycles. The predicted octanol–water partition coefficient (Wildman–Crippen LogP) is 2.23. The number of amides is 1. The second-order valence-electron chi connectivity index (χ2n) is 5.06. The van der Waals surface area contributed by atoms with Crippen molar-refractivity contribution in [1.82, 2.24) is 5.32 Å². The van der Waals surface area contributed by atoms with Gasteiger partial charge in [0.25, 0.3) is 5.91 Å². The zero-order valence-electron chi connectivity index (χ0n) is 12.1. The number of ether oxygens (including phenoxy) is 1. The molecule has 2 N–H and O–H groups in total. The number of rotatable bonds is 7. The van der Waals surface area contributed by atoms with E-state index in [1.165, 1.54) is 6.07 Å². The van der Waals surface area contributed by atoms with E-state index in [1.54, 1.807) is 19.1 Å². The van der Waals surface area contributed by atoms with Crippen LogP contribution in [0, 0.1) is 12.8 Å². The minimum Gasteiger partial charge on any atom is -0.483 e. The maximum Gasteiger partial charge on any atom is 0.336 e. The smallest absolute Gasteiger partial charge is 0.336 e. The van der Waals surface area contributed by atoms with Gasteiger partial charge in [-0.15, -0.1) is 0 Å². The number of carboxylic acid groups (broad SMARTS) is 1. The summed E-state index contributed by atoms with van der Waals surface area (Å²) in [5, 5.41) is 11.8. The van der Waals surface area contributed by atoms with Crippen LogP contribution in [-0.2, 0) is 4.79 Å². The summed E-state index contributed by atoms with van der Waals surface area (Å²) < 4.78 is 5.37. The van der Waals surface area contributed by atoms with Crippen molar-refractivity contribution < 1.29 is 19.4 Å². The molecular weight excluding hydrogens is 258 g/mol. The molecule has 0 saturated carbocycles. The number of carbonyl (C=O) groups excluding carboxylic acids is 1. The fourth-order valence-corrected chi connectivity index (χ4v) is 1.70. The van der Waals surface area contributed by atoms with Gasteiger partial charge in [0.1, 0.15) is 5.75 Å². The highest BCUT2D eigenvalue weighted by molar-refractivity contribution is 5.90. The number of hydrogen-bond donors (Lipinski definition) is 2. The second-order valence-corrected chi connectivity index (χ2v) is 5.06. The van der Waals surface area contributed by atoms with Crippen LogP contribution in [-0.4, -0.2) is 30.1 Å². The van der Waals surface area contributed by atoms with E-state index in [2.05, 4.69) is 19.2 Å². The first-order valence-electron chi connectivity index (χ1n) is 6.64. The Morgan fingerprint density at radius 1 is 1.35 bits per heavy atom. The van der Waals surface area contributed by atoms with E-state index < -0.39 is 5.97 Å². The van der Waals surface area contributed by atoms with Crippen LogP contribution in [0.4, 0.5) is 0 Å². The van der Waals surface area contributed by atoms with Crippen LogP contribution < -0.4 is 10.1 Å². The van der Waals surface area contributed by atoms with Crippen molar-refractivity contribution in [2.24, 2.45) is 5.92 Å². The number of hydrogen-bond acceptors (Lipinski definition) is 3. The summed E-state index contributed by atoms with van der Waals surface area (Å²) in [7, 11) is 0. The normalized spacial score (nSPS) is 10.4. The third-order valence-corrected chi connectivity index (χ3v) is 2.92. The zero-order valence-corrected chi connectivity index (χ0v) is 12.1. The lowest BCUT2D eigenvalue weighted by Crippen LogP contribution is -2.30. The Hall–Kier alpha value is -2.04. The minimum absolute atomic E-state index is 0.109. The third-order valence-electron chi connectivity index (χ3n) is 2.92. The Bertz CT molecular complexity index is 483. The maximum absolute atomic E-state index is 11.6. The van der Waals surface area contributed by atoms with Crippen LogP contribution in [0.1, 0.15) is 36.2 Å². The summed E-state index contributed by atoms with van der Waals surface area (Å²) in [5.41, 5.74) is 0.706. The average molecular weight is 279 g/mol. The molecular formula is C15H21NO4. The molecule has 0 bridgehead atoms. The predicted molar refractivity (Wildman–Crippen MR) is 76.1 cm³/mol. The molecule has 0 fully saturated rings. The number of benzene rings is 1. The summed E-state index contributed by atoms with van der Waals surface area (Å²) in [4.78, 5) is 22.6. The first-order chi connectivity index (χ1) is 9.41. The van der Waals surface area contributed by atoms with E-state index in [-0.39, 0.29) is 18.1 Å². The van der Waals surface area contributed by atoms with E-state index in [0.29, 0.717) is 23.8 Å². The van der Waals surface area contributed by atoms with E-state index in [1.807, 2.05) is 0 Å². The molecule has 5 heteroatoms. The molecule has 1 rings (SSSR count). The van der Waals surface area contributed by atoms with Crippen LogP contribution >= 0.6 is 0 Å². The van der Waals surface area contributed by atoms with Gasteiger partial charge in [-0.1, -0.05) is 19.9 Å². The topological polar surface area (TPSA) is 75.6 Å². The highest BCUT2D eigenvalue weighted by Gasteiger charge is 2.11. The van der Waals surface area contributed by atoms with Crippen LogP contribution in [0.3, 0.4) is 0 Å². The molecule has 0 aliphatic carbocycles. The highest BCUT2D eigenvalue weighted by Crippen LogP contribution is 2.21. The Kier molecular flexibility index (Phi) is 6.03. The van der Waals surface area contributed by atoms with Crippen LogP contribution in [0.2, 0.25) is 0 Å². The van der Waals surface area contributed by atoms with Gasteiger partial charge in [-0.3, -0.25) is 4.79 Å². The molecule has 1 amide bonds. The lowest BCUT2D eigenvalue weighted by Gasteiger charge is -2.11. The van der Waals surface area contributed by atoms with Crippen LogP contribution in [0.15, 0.2) is 18.2 Å². The Balaban J connectivity index is 2.51. The molecule has 0 aliphatic rings. The summed E-state index contributed by atoms with van der Waals surface area (Å²) in [6.45, 7) is 6.35. The first-order valence-corrected chi connectivity index (χ1v) is 6.64. The van der Waals surface area contributed by atoms with Crippen molar-refractivity contribution in [2.45, 2.75) is 27.2 Å². The molecule has 1 aromatic carbocycles. The largest absolute Gasteiger partial charge is 0.483 e. The molecule has 0 spiro atoms. The minimum atomic E-state index is -1.01. The fraction of sp³-hybridized carbons (Fsp3) is 0.467. The molecule has 0 aliphatic heterocycles. The molecule has 20 heavy (non-hydrogen) atoms. The van der Waals surface area contributed by atoms with Crippen molar-refractivity contribution in [2.75, 3.05) is 13.2 Å². The van der Waals surface area contributed by atoms with Gasteiger partial charge in [0.05, 0.1) is 5.56 Å². The Morgan fingerprint density at radius 3 is 2.65 bits per heavy atom. The quantitative estimate of drug-likeness (QED) is 0.802. The number of carbonyl (C=O) groups is 2. The molecule has 110 valence electrons. The van der Waals surface area contributed by atoms with Crippen molar-refractivity contribution in [1.29, 1.82) is 0 Å². The fourth-order valence-electron chi connectivity index (χ4n) is 1.70. The molecule has 0 atom stereocenters. The maximum atomic E-state index is 11.6. The summed E-state index contributed by atoms with van der Waals surface area (Å²) in [6, 6.07) is 4.76. The Morgan fingerprint density at radius 2 is 2.05 bits per heavy atom. The molecule has 0 radical (unpaired) electrons. The van der Waals surface area contributed by atoms with Gasteiger partial charge in [-0.25, -0.2) is 4.79 Å². The lowest BCUT2D eigenvalue weighted by molar-refractivity contribution is -0.123. The first kappa shape index (κ1) is 16.0. The third kappa shape index (κ3) is 4.91. The SMILES string of the molecule is Cc1c(OCC(=O)NCCC(C)C)cccc1C(=O)O. The average Bonchev–Trinajstić information content (AvgIpc) is 2.36. The number of nitrogens with one attached hydrogen (secondary N) is 1. The van der Waals surface area contributed by atoms with Crippen molar-refractivity contribution >= 4 is 11.9 Å². The van der Waals surface area contributed by atoms with Gasteiger partial charge in [0.2, 0.25) is 0 Å². The lowest BCUT2D eigenvalue weighted by atomic mass is 10.1. The van der Waals surface area contributed by atoms with E-state index >= 15 is 0 Å². The molecule has 1 aromatic rings. The molecule has 0 unspecified atom stereocenters. The highest BCUT2D eigenvalue weighted by atomic mass is 16.5. The van der Waals surface area contributed by atoms with Gasteiger partial charge in [-0.2, -0.15) is 0 Å². The van der Waals surface area contributed by atoms with Crippen LogP contribution in [0.25, 0.3) is 0 Å². The van der Waals surface area contributed by atoms with Crippen molar-refractivity contribution in [3.8, 4) is 5.75 Å². The van der Waals surface area contributed by atoms with Gasteiger partial charge in [0.15, 0.2) is 6.61 Å². The summed E-state index contributed by atoms with van der Waals surface area (Å²) in [6.07, 6.45) is 0.916. The van der Waals surface area contributed by atoms with Crippen molar-refractivity contribution in [3.05, 3.63) is 29.3 Å². The number of carboxylic acids is 1. The molecule has 5 nitrogen and oxygen atoms in total. The van der Waals surface area contributed by atoms with Gasteiger partial charge in [0, 0.05) is 12.1 Å². The standard InChI is InChI=1S/C15H21NO4/c1-10(2)7-8-16-14(17)9-20-13-6-4-5-12(11(13)3)15(18)19/h4-6,10H,7-9H2,1-3H3,(H,16,17)(H,18,19). The molecule has 0 aromatic heterocycles.